The number of rotatable bonds is 2. The van der Waals surface area contributed by atoms with Crippen LogP contribution in [0.5, 0.6) is 0 Å². The molecule has 0 spiro atoms. The molecule has 0 aliphatic heterocycles. The number of nitrogens with zero attached hydrogens (tertiary/aromatic N) is 1. The molecular formula is C12H11BrN2O2. The summed E-state index contributed by atoms with van der Waals surface area (Å²) in [6.45, 7) is 2.10. The largest absolute Gasteiger partial charge is 0.450 e. The van der Waals surface area contributed by atoms with E-state index in [2.05, 4.69) is 26.2 Å². The van der Waals surface area contributed by atoms with Gasteiger partial charge in [-0.2, -0.15) is 0 Å². The summed E-state index contributed by atoms with van der Waals surface area (Å²) >= 11 is 3.44. The lowest BCUT2D eigenvalue weighted by molar-refractivity contribution is 0.168. The number of carbonyl (C=O) groups is 1. The molecule has 5 heteroatoms. The molecule has 0 aliphatic rings. The van der Waals surface area contributed by atoms with E-state index in [0.717, 1.165) is 15.4 Å². The van der Waals surface area contributed by atoms with Crippen LogP contribution in [0.1, 0.15) is 6.92 Å². The van der Waals surface area contributed by atoms with E-state index in [1.54, 1.807) is 19.2 Å². The zero-order chi connectivity index (χ0) is 12.3. The van der Waals surface area contributed by atoms with Gasteiger partial charge in [-0.05, 0) is 25.1 Å². The van der Waals surface area contributed by atoms with Crippen molar-refractivity contribution < 1.29 is 9.53 Å². The zero-order valence-corrected chi connectivity index (χ0v) is 10.8. The Hall–Kier alpha value is -1.62. The molecule has 0 aliphatic carbocycles. The average Bonchev–Trinajstić information content (AvgIpc) is 2.34. The normalized spacial score (nSPS) is 10.2. The van der Waals surface area contributed by atoms with E-state index in [1.165, 1.54) is 0 Å². The van der Waals surface area contributed by atoms with Gasteiger partial charge in [0, 0.05) is 16.1 Å². The molecule has 0 atom stereocenters. The second-order valence-electron chi connectivity index (χ2n) is 3.34. The third-order valence-corrected chi connectivity index (χ3v) is 2.92. The number of aromatic nitrogens is 1. The molecule has 88 valence electrons. The summed E-state index contributed by atoms with van der Waals surface area (Å²) in [6, 6.07) is 7.44. The van der Waals surface area contributed by atoms with Crippen LogP contribution in [-0.4, -0.2) is 17.7 Å². The number of hydrogen-bond acceptors (Lipinski definition) is 3. The monoisotopic (exact) mass is 294 g/mol. The van der Waals surface area contributed by atoms with Crippen molar-refractivity contribution in [2.75, 3.05) is 11.9 Å². The van der Waals surface area contributed by atoms with Gasteiger partial charge in [-0.3, -0.25) is 10.3 Å². The average molecular weight is 295 g/mol. The van der Waals surface area contributed by atoms with Gasteiger partial charge in [-0.15, -0.1) is 0 Å². The predicted octanol–water partition coefficient (Wildman–Crippen LogP) is 3.57. The van der Waals surface area contributed by atoms with Gasteiger partial charge in [0.05, 0.1) is 17.8 Å². The molecule has 2 rings (SSSR count). The van der Waals surface area contributed by atoms with Gasteiger partial charge in [-0.25, -0.2) is 4.79 Å². The number of benzene rings is 1. The first-order valence-corrected chi connectivity index (χ1v) is 5.98. The fourth-order valence-electron chi connectivity index (χ4n) is 1.52. The first kappa shape index (κ1) is 11.9. The fraction of sp³-hybridized carbons (Fsp3) is 0.167. The predicted molar refractivity (Wildman–Crippen MR) is 70.1 cm³/mol. The molecule has 1 aromatic carbocycles. The minimum atomic E-state index is -0.471. The minimum Gasteiger partial charge on any atom is -0.450 e. The van der Waals surface area contributed by atoms with Crippen LogP contribution < -0.4 is 5.32 Å². The lowest BCUT2D eigenvalue weighted by Crippen LogP contribution is -2.13. The van der Waals surface area contributed by atoms with Crippen LogP contribution in [0.25, 0.3) is 10.9 Å². The second-order valence-corrected chi connectivity index (χ2v) is 4.19. The number of carbonyl (C=O) groups excluding carboxylic acids is 1. The van der Waals surface area contributed by atoms with E-state index in [-0.39, 0.29) is 0 Å². The summed E-state index contributed by atoms with van der Waals surface area (Å²) in [4.78, 5) is 15.6. The minimum absolute atomic E-state index is 0.341. The van der Waals surface area contributed by atoms with Crippen LogP contribution in [0.3, 0.4) is 0 Å². The first-order valence-electron chi connectivity index (χ1n) is 5.19. The molecule has 17 heavy (non-hydrogen) atoms. The van der Waals surface area contributed by atoms with Gasteiger partial charge in [0.15, 0.2) is 0 Å². The van der Waals surface area contributed by atoms with E-state index in [9.17, 15) is 4.79 Å². The standard InChI is InChI=1S/C12H11BrN2O2/c1-2-17-12(16)15-10-6-5-9(13)8-4-3-7-14-11(8)10/h3-7H,2H2,1H3,(H,15,16). The molecule has 2 aromatic rings. The molecule has 1 heterocycles. The van der Waals surface area contributed by atoms with Gasteiger partial charge in [0.1, 0.15) is 0 Å². The highest BCUT2D eigenvalue weighted by Crippen LogP contribution is 2.28. The molecule has 0 fully saturated rings. The number of hydrogen-bond donors (Lipinski definition) is 1. The van der Waals surface area contributed by atoms with Crippen LogP contribution in [0.4, 0.5) is 10.5 Å². The van der Waals surface area contributed by atoms with Crippen LogP contribution in [0, 0.1) is 0 Å². The summed E-state index contributed by atoms with van der Waals surface area (Å²) in [5.74, 6) is 0. The van der Waals surface area contributed by atoms with E-state index in [1.807, 2.05) is 18.2 Å². The molecule has 0 saturated carbocycles. The van der Waals surface area contributed by atoms with Crippen molar-refractivity contribution in [1.82, 2.24) is 4.98 Å². The highest BCUT2D eigenvalue weighted by molar-refractivity contribution is 9.10. The van der Waals surface area contributed by atoms with E-state index < -0.39 is 6.09 Å². The highest BCUT2D eigenvalue weighted by atomic mass is 79.9. The van der Waals surface area contributed by atoms with Crippen molar-refractivity contribution in [3.05, 3.63) is 34.9 Å². The van der Waals surface area contributed by atoms with Crippen molar-refractivity contribution in [2.45, 2.75) is 6.92 Å². The molecule has 1 amide bonds. The van der Waals surface area contributed by atoms with Gasteiger partial charge < -0.3 is 4.74 Å². The van der Waals surface area contributed by atoms with Crippen LogP contribution in [-0.2, 0) is 4.74 Å². The Morgan fingerprint density at radius 2 is 2.29 bits per heavy atom. The lowest BCUT2D eigenvalue weighted by Gasteiger charge is -2.08. The molecule has 0 radical (unpaired) electrons. The molecule has 1 aromatic heterocycles. The Morgan fingerprint density at radius 3 is 3.06 bits per heavy atom. The third-order valence-electron chi connectivity index (χ3n) is 2.23. The van der Waals surface area contributed by atoms with Crippen LogP contribution >= 0.6 is 15.9 Å². The van der Waals surface area contributed by atoms with Crippen molar-refractivity contribution in [3.63, 3.8) is 0 Å². The van der Waals surface area contributed by atoms with Gasteiger partial charge in [0.25, 0.3) is 0 Å². The molecule has 4 nitrogen and oxygen atoms in total. The topological polar surface area (TPSA) is 51.2 Å². The van der Waals surface area contributed by atoms with Crippen molar-refractivity contribution in [1.29, 1.82) is 0 Å². The first-order chi connectivity index (χ1) is 8.22. The highest BCUT2D eigenvalue weighted by Gasteiger charge is 2.08. The summed E-state index contributed by atoms with van der Waals surface area (Å²) < 4.78 is 5.78. The maximum atomic E-state index is 11.4. The fourth-order valence-corrected chi connectivity index (χ4v) is 1.97. The quantitative estimate of drug-likeness (QED) is 0.921. The Bertz CT molecular complexity index is 557. The van der Waals surface area contributed by atoms with Gasteiger partial charge >= 0.3 is 6.09 Å². The van der Waals surface area contributed by atoms with Gasteiger partial charge in [-0.1, -0.05) is 22.0 Å². The molecular weight excluding hydrogens is 284 g/mol. The number of pyridine rings is 1. The van der Waals surface area contributed by atoms with Gasteiger partial charge in [0.2, 0.25) is 0 Å². The zero-order valence-electron chi connectivity index (χ0n) is 9.24. The SMILES string of the molecule is CCOC(=O)Nc1ccc(Br)c2cccnc12. The Balaban J connectivity index is 2.41. The second kappa shape index (κ2) is 5.14. The summed E-state index contributed by atoms with van der Waals surface area (Å²) in [5.41, 5.74) is 1.37. The van der Waals surface area contributed by atoms with E-state index in [0.29, 0.717) is 12.3 Å². The number of ether oxygens (including phenoxy) is 1. The van der Waals surface area contributed by atoms with Crippen molar-refractivity contribution in [3.8, 4) is 0 Å². The lowest BCUT2D eigenvalue weighted by atomic mass is 10.2. The number of halogens is 1. The Morgan fingerprint density at radius 1 is 1.47 bits per heavy atom. The number of anilines is 1. The summed E-state index contributed by atoms with van der Waals surface area (Å²) in [6.07, 6.45) is 1.22. The Labute approximate surface area is 107 Å². The van der Waals surface area contributed by atoms with Crippen LogP contribution in [0.2, 0.25) is 0 Å². The summed E-state index contributed by atoms with van der Waals surface area (Å²) in [7, 11) is 0. The van der Waals surface area contributed by atoms with Crippen molar-refractivity contribution >= 4 is 38.6 Å². The smallest absolute Gasteiger partial charge is 0.411 e. The third kappa shape index (κ3) is 2.55. The maximum Gasteiger partial charge on any atom is 0.411 e. The Kier molecular flexibility index (Phi) is 3.58. The summed E-state index contributed by atoms with van der Waals surface area (Å²) in [5, 5.41) is 3.61. The molecule has 1 N–H and O–H groups in total. The van der Waals surface area contributed by atoms with E-state index in [4.69, 9.17) is 4.74 Å². The number of amides is 1. The molecule has 0 saturated heterocycles. The van der Waals surface area contributed by atoms with Crippen molar-refractivity contribution in [2.24, 2.45) is 0 Å². The number of fused-ring (bicyclic) bond motifs is 1. The molecule has 0 bridgehead atoms. The number of nitrogens with one attached hydrogen (secondary N) is 1. The van der Waals surface area contributed by atoms with Crippen LogP contribution in [0.15, 0.2) is 34.9 Å². The molecule has 0 unspecified atom stereocenters. The van der Waals surface area contributed by atoms with E-state index >= 15 is 0 Å². The maximum absolute atomic E-state index is 11.4.